The van der Waals surface area contributed by atoms with Gasteiger partial charge in [0.15, 0.2) is 23.0 Å². The number of fused-ring (bicyclic) bond motifs is 2. The summed E-state index contributed by atoms with van der Waals surface area (Å²) in [4.78, 5) is 26.0. The topological polar surface area (TPSA) is 95.1 Å². The maximum atomic E-state index is 13.3. The second-order valence-electron chi connectivity index (χ2n) is 8.15. The molecule has 0 saturated heterocycles. The fourth-order valence-corrected chi connectivity index (χ4v) is 3.77. The van der Waals surface area contributed by atoms with Crippen molar-refractivity contribution in [2.45, 2.75) is 13.0 Å². The van der Waals surface area contributed by atoms with Gasteiger partial charge in [-0.3, -0.25) is 9.59 Å². The van der Waals surface area contributed by atoms with E-state index in [-0.39, 0.29) is 12.7 Å². The van der Waals surface area contributed by atoms with Crippen molar-refractivity contribution < 1.29 is 28.5 Å². The van der Waals surface area contributed by atoms with Crippen LogP contribution in [-0.4, -0.2) is 31.8 Å². The van der Waals surface area contributed by atoms with Crippen LogP contribution in [0.5, 0.6) is 23.0 Å². The van der Waals surface area contributed by atoms with Gasteiger partial charge in [-0.05, 0) is 48.4 Å². The van der Waals surface area contributed by atoms with Gasteiger partial charge in [0.05, 0.1) is 0 Å². The number of aryl methyl sites for hydroxylation is 1. The lowest BCUT2D eigenvalue weighted by molar-refractivity contribution is -0.123. The predicted molar refractivity (Wildman–Crippen MR) is 130 cm³/mol. The van der Waals surface area contributed by atoms with E-state index in [1.165, 1.54) is 6.08 Å². The summed E-state index contributed by atoms with van der Waals surface area (Å²) >= 11 is 0. The van der Waals surface area contributed by atoms with Crippen molar-refractivity contribution in [3.63, 3.8) is 0 Å². The van der Waals surface area contributed by atoms with E-state index in [1.54, 1.807) is 36.4 Å². The Morgan fingerprint density at radius 3 is 2.34 bits per heavy atom. The van der Waals surface area contributed by atoms with Crippen molar-refractivity contribution in [2.75, 3.05) is 25.3 Å². The number of rotatable bonds is 6. The molecule has 0 saturated carbocycles. The van der Waals surface area contributed by atoms with E-state index in [1.807, 2.05) is 37.3 Å². The third-order valence-corrected chi connectivity index (χ3v) is 5.59. The van der Waals surface area contributed by atoms with Gasteiger partial charge in [-0.2, -0.15) is 0 Å². The molecule has 178 valence electrons. The smallest absolute Gasteiger partial charge is 0.251 e. The van der Waals surface area contributed by atoms with E-state index in [0.29, 0.717) is 47.5 Å². The Morgan fingerprint density at radius 2 is 1.51 bits per heavy atom. The van der Waals surface area contributed by atoms with Gasteiger partial charge in [-0.1, -0.05) is 35.9 Å². The minimum absolute atomic E-state index is 0.180. The molecule has 0 unspecified atom stereocenters. The number of hydrogen-bond acceptors (Lipinski definition) is 6. The summed E-state index contributed by atoms with van der Waals surface area (Å²) in [5, 5.41) is 5.68. The normalized spacial score (nSPS) is 14.4. The number of carbonyl (C=O) groups excluding carboxylic acids is 2. The van der Waals surface area contributed by atoms with E-state index in [2.05, 4.69) is 10.6 Å². The van der Waals surface area contributed by atoms with Crippen LogP contribution in [0.1, 0.15) is 22.7 Å². The van der Waals surface area contributed by atoms with Crippen LogP contribution in [0.4, 0.5) is 5.69 Å². The van der Waals surface area contributed by atoms with Gasteiger partial charge in [0.1, 0.15) is 19.3 Å². The van der Waals surface area contributed by atoms with Gasteiger partial charge in [0.25, 0.3) is 5.91 Å². The maximum Gasteiger partial charge on any atom is 0.251 e. The quantitative estimate of drug-likeness (QED) is 0.527. The molecule has 3 aromatic carbocycles. The van der Waals surface area contributed by atoms with Gasteiger partial charge < -0.3 is 29.6 Å². The Bertz CT molecular complexity index is 1290. The highest BCUT2D eigenvalue weighted by Crippen LogP contribution is 2.34. The number of nitrogens with one attached hydrogen (secondary N) is 2. The lowest BCUT2D eigenvalue weighted by atomic mass is 10.0. The number of amides is 2. The largest absolute Gasteiger partial charge is 0.486 e. The third kappa shape index (κ3) is 5.22. The van der Waals surface area contributed by atoms with Crippen molar-refractivity contribution in [3.8, 4) is 23.0 Å². The van der Waals surface area contributed by atoms with Crippen molar-refractivity contribution in [1.29, 1.82) is 0 Å². The summed E-state index contributed by atoms with van der Waals surface area (Å²) < 4.78 is 21.8. The molecule has 2 aliphatic rings. The Kier molecular flexibility index (Phi) is 6.26. The minimum Gasteiger partial charge on any atom is -0.486 e. The van der Waals surface area contributed by atoms with E-state index in [0.717, 1.165) is 11.1 Å². The van der Waals surface area contributed by atoms with Gasteiger partial charge >= 0.3 is 0 Å². The van der Waals surface area contributed by atoms with Crippen LogP contribution in [0.2, 0.25) is 0 Å². The molecule has 3 aromatic rings. The fraction of sp³-hybridized carbons (Fsp3) is 0.185. The standard InChI is InChI=1S/C27H24N2O6/c1-17-2-6-19(7-3-17)26(27(31)28-20-8-10-21-24(15-20)33-13-12-32-21)29-25(30)11-5-18-4-9-22-23(14-18)35-16-34-22/h2-11,14-15,26H,12-13,16H2,1H3,(H,28,31)(H,29,30)/b11-5+/t26-/m0/s1. The maximum absolute atomic E-state index is 13.3. The molecule has 2 aliphatic heterocycles. The van der Waals surface area contributed by atoms with E-state index in [9.17, 15) is 9.59 Å². The minimum atomic E-state index is -0.905. The summed E-state index contributed by atoms with van der Waals surface area (Å²) in [5.41, 5.74) is 3.03. The molecule has 0 aliphatic carbocycles. The van der Waals surface area contributed by atoms with Gasteiger partial charge in [0, 0.05) is 17.8 Å². The molecule has 2 N–H and O–H groups in total. The molecule has 2 amide bonds. The summed E-state index contributed by atoms with van der Waals surface area (Å²) in [6.07, 6.45) is 3.04. The molecule has 2 heterocycles. The molecule has 0 aromatic heterocycles. The number of benzene rings is 3. The van der Waals surface area contributed by atoms with Crippen molar-refractivity contribution >= 4 is 23.6 Å². The second-order valence-corrected chi connectivity index (χ2v) is 8.15. The number of ether oxygens (including phenoxy) is 4. The molecule has 0 spiro atoms. The Balaban J connectivity index is 1.32. The monoisotopic (exact) mass is 472 g/mol. The van der Waals surface area contributed by atoms with Crippen molar-refractivity contribution in [3.05, 3.63) is 83.4 Å². The van der Waals surface area contributed by atoms with Crippen LogP contribution < -0.4 is 29.6 Å². The second kappa shape index (κ2) is 9.80. The highest BCUT2D eigenvalue weighted by molar-refractivity contribution is 6.00. The zero-order valence-electron chi connectivity index (χ0n) is 19.1. The first kappa shape index (κ1) is 22.3. The van der Waals surface area contributed by atoms with Crippen LogP contribution in [0.15, 0.2) is 66.7 Å². The summed E-state index contributed by atoms with van der Waals surface area (Å²) in [7, 11) is 0. The summed E-state index contributed by atoms with van der Waals surface area (Å²) in [6, 6.07) is 17.1. The summed E-state index contributed by atoms with van der Waals surface area (Å²) in [5.74, 6) is 1.70. The van der Waals surface area contributed by atoms with Crippen molar-refractivity contribution in [2.24, 2.45) is 0 Å². The zero-order valence-corrected chi connectivity index (χ0v) is 19.1. The molecule has 8 heteroatoms. The van der Waals surface area contributed by atoms with E-state index in [4.69, 9.17) is 18.9 Å². The lowest BCUT2D eigenvalue weighted by Gasteiger charge is -2.21. The molecule has 0 fully saturated rings. The van der Waals surface area contributed by atoms with Crippen LogP contribution in [0.25, 0.3) is 6.08 Å². The Morgan fingerprint density at radius 1 is 0.829 bits per heavy atom. The summed E-state index contributed by atoms with van der Waals surface area (Å²) in [6.45, 7) is 3.07. The number of anilines is 1. The first-order valence-electron chi connectivity index (χ1n) is 11.2. The molecule has 0 radical (unpaired) electrons. The predicted octanol–water partition coefficient (Wildman–Crippen LogP) is 4.00. The van der Waals surface area contributed by atoms with E-state index >= 15 is 0 Å². The number of hydrogen-bond donors (Lipinski definition) is 2. The third-order valence-electron chi connectivity index (χ3n) is 5.59. The lowest BCUT2D eigenvalue weighted by Crippen LogP contribution is -2.36. The molecule has 5 rings (SSSR count). The van der Waals surface area contributed by atoms with Crippen LogP contribution in [0, 0.1) is 6.92 Å². The molecular weight excluding hydrogens is 448 g/mol. The van der Waals surface area contributed by atoms with E-state index < -0.39 is 11.9 Å². The van der Waals surface area contributed by atoms with Gasteiger partial charge in [-0.25, -0.2) is 0 Å². The molecule has 0 bridgehead atoms. The highest BCUT2D eigenvalue weighted by atomic mass is 16.7. The van der Waals surface area contributed by atoms with Crippen LogP contribution in [-0.2, 0) is 9.59 Å². The van der Waals surface area contributed by atoms with Crippen LogP contribution in [0.3, 0.4) is 0 Å². The molecule has 1 atom stereocenters. The molecule has 8 nitrogen and oxygen atoms in total. The first-order valence-corrected chi connectivity index (χ1v) is 11.2. The fourth-order valence-electron chi connectivity index (χ4n) is 3.77. The molecule has 35 heavy (non-hydrogen) atoms. The molecular formula is C27H24N2O6. The van der Waals surface area contributed by atoms with Crippen LogP contribution >= 0.6 is 0 Å². The highest BCUT2D eigenvalue weighted by Gasteiger charge is 2.23. The zero-order chi connectivity index (χ0) is 24.2. The van der Waals surface area contributed by atoms with Crippen molar-refractivity contribution in [1.82, 2.24) is 5.32 Å². The SMILES string of the molecule is Cc1ccc([C@H](NC(=O)/C=C/c2ccc3c(c2)OCO3)C(=O)Nc2ccc3c(c2)OCCO3)cc1. The number of carbonyl (C=O) groups is 2. The van der Waals surface area contributed by atoms with Gasteiger partial charge in [0.2, 0.25) is 12.7 Å². The first-order chi connectivity index (χ1) is 17.0. The average molecular weight is 472 g/mol. The van der Waals surface area contributed by atoms with Gasteiger partial charge in [-0.15, -0.1) is 0 Å². The Labute approximate surface area is 202 Å². The Hall–Kier alpha value is -4.46. The average Bonchev–Trinajstić information content (AvgIpc) is 3.34.